The van der Waals surface area contributed by atoms with Gasteiger partial charge in [-0.15, -0.1) is 0 Å². The predicted octanol–water partition coefficient (Wildman–Crippen LogP) is 4.46. The van der Waals surface area contributed by atoms with Crippen molar-refractivity contribution in [1.29, 1.82) is 0 Å². The average molecular weight is 304 g/mol. The van der Waals surface area contributed by atoms with Gasteiger partial charge in [0.25, 0.3) is 5.91 Å². The smallest absolute Gasteiger partial charge is 0.257 e. The summed E-state index contributed by atoms with van der Waals surface area (Å²) in [6.45, 7) is 0.628. The van der Waals surface area contributed by atoms with Crippen LogP contribution in [0.5, 0.6) is 0 Å². The predicted molar refractivity (Wildman–Crippen MR) is 80.9 cm³/mol. The van der Waals surface area contributed by atoms with E-state index in [1.54, 1.807) is 17.0 Å². The first-order valence-electron chi connectivity index (χ1n) is 6.98. The molecule has 0 spiro atoms. The van der Waals surface area contributed by atoms with Crippen LogP contribution < -0.4 is 0 Å². The van der Waals surface area contributed by atoms with Crippen molar-refractivity contribution in [3.05, 3.63) is 70.5 Å². The molecule has 1 saturated heterocycles. The second-order valence-electron chi connectivity index (χ2n) is 5.16. The van der Waals surface area contributed by atoms with Crippen LogP contribution in [0.15, 0.2) is 48.5 Å². The molecule has 2 nitrogen and oxygen atoms in total. The third-order valence-corrected chi connectivity index (χ3v) is 4.23. The van der Waals surface area contributed by atoms with Crippen LogP contribution in [0.25, 0.3) is 0 Å². The van der Waals surface area contributed by atoms with Gasteiger partial charge in [-0.05, 0) is 36.6 Å². The van der Waals surface area contributed by atoms with Crippen molar-refractivity contribution < 1.29 is 9.18 Å². The van der Waals surface area contributed by atoms with Crippen LogP contribution in [0, 0.1) is 5.82 Å². The van der Waals surface area contributed by atoms with Crippen LogP contribution >= 0.6 is 11.6 Å². The van der Waals surface area contributed by atoms with Crippen LogP contribution in [-0.2, 0) is 0 Å². The number of carbonyl (C=O) groups is 1. The molecule has 1 heterocycles. The number of hydrogen-bond donors (Lipinski definition) is 0. The lowest BCUT2D eigenvalue weighted by Crippen LogP contribution is -2.31. The first-order chi connectivity index (χ1) is 10.2. The molecule has 1 amide bonds. The Balaban J connectivity index is 1.93. The largest absolute Gasteiger partial charge is 0.331 e. The fourth-order valence-corrected chi connectivity index (χ4v) is 3.13. The number of amides is 1. The monoisotopic (exact) mass is 303 g/mol. The maximum absolute atomic E-state index is 13.8. The molecule has 0 aromatic heterocycles. The van der Waals surface area contributed by atoms with Crippen molar-refractivity contribution in [2.45, 2.75) is 18.9 Å². The number of halogens is 2. The van der Waals surface area contributed by atoms with Crippen LogP contribution in [0.3, 0.4) is 0 Å². The molecule has 0 N–H and O–H groups in total. The summed E-state index contributed by atoms with van der Waals surface area (Å²) in [5.74, 6) is -0.747. The van der Waals surface area contributed by atoms with Crippen LogP contribution in [0.1, 0.15) is 34.8 Å². The molecule has 1 atom stereocenters. The van der Waals surface area contributed by atoms with E-state index in [1.165, 1.54) is 12.1 Å². The zero-order valence-corrected chi connectivity index (χ0v) is 12.2. The van der Waals surface area contributed by atoms with Crippen molar-refractivity contribution in [1.82, 2.24) is 4.90 Å². The Morgan fingerprint density at radius 1 is 1.14 bits per heavy atom. The summed E-state index contributed by atoms with van der Waals surface area (Å²) in [5, 5.41) is 0.649. The molecule has 1 aliphatic rings. The molecule has 0 radical (unpaired) electrons. The number of nitrogens with zero attached hydrogens (tertiary/aromatic N) is 1. The number of rotatable bonds is 2. The standard InChI is InChI=1S/C17H15ClFNO/c18-14-8-3-1-6-12(14)16-10-5-11-20(16)17(21)13-7-2-4-9-15(13)19/h1-4,6-9,16H,5,10-11H2. The van der Waals surface area contributed by atoms with Crippen LogP contribution in [0.4, 0.5) is 4.39 Å². The number of likely N-dealkylation sites (tertiary alicyclic amines) is 1. The van der Waals surface area contributed by atoms with E-state index in [4.69, 9.17) is 11.6 Å². The zero-order chi connectivity index (χ0) is 14.8. The van der Waals surface area contributed by atoms with Gasteiger partial charge >= 0.3 is 0 Å². The molecule has 21 heavy (non-hydrogen) atoms. The van der Waals surface area contributed by atoms with Gasteiger partial charge in [0.15, 0.2) is 0 Å². The minimum absolute atomic E-state index is 0.0780. The fraction of sp³-hybridized carbons (Fsp3) is 0.235. The summed E-state index contributed by atoms with van der Waals surface area (Å²) in [5.41, 5.74) is 1.05. The highest BCUT2D eigenvalue weighted by molar-refractivity contribution is 6.31. The molecule has 0 bridgehead atoms. The van der Waals surface area contributed by atoms with Gasteiger partial charge in [0.05, 0.1) is 11.6 Å². The highest BCUT2D eigenvalue weighted by Crippen LogP contribution is 2.36. The Kier molecular flexibility index (Phi) is 3.93. The van der Waals surface area contributed by atoms with Crippen molar-refractivity contribution in [2.24, 2.45) is 0 Å². The number of carbonyl (C=O) groups excluding carboxylic acids is 1. The van der Waals surface area contributed by atoms with E-state index in [0.29, 0.717) is 11.6 Å². The first-order valence-corrected chi connectivity index (χ1v) is 7.36. The molecular weight excluding hydrogens is 289 g/mol. The summed E-state index contributed by atoms with van der Waals surface area (Å²) in [6, 6.07) is 13.5. The van der Waals surface area contributed by atoms with Gasteiger partial charge in [-0.25, -0.2) is 4.39 Å². The van der Waals surface area contributed by atoms with Gasteiger partial charge in [0.2, 0.25) is 0 Å². The molecule has 4 heteroatoms. The second-order valence-corrected chi connectivity index (χ2v) is 5.57. The van der Waals surface area contributed by atoms with Crippen molar-refractivity contribution >= 4 is 17.5 Å². The molecule has 0 saturated carbocycles. The summed E-state index contributed by atoms with van der Waals surface area (Å²) >= 11 is 6.24. The topological polar surface area (TPSA) is 20.3 Å². The molecule has 108 valence electrons. The van der Waals surface area contributed by atoms with E-state index in [2.05, 4.69) is 0 Å². The molecule has 1 aliphatic heterocycles. The second kappa shape index (κ2) is 5.86. The minimum atomic E-state index is -0.479. The van der Waals surface area contributed by atoms with Gasteiger partial charge in [-0.3, -0.25) is 4.79 Å². The van der Waals surface area contributed by atoms with Crippen molar-refractivity contribution in [3.63, 3.8) is 0 Å². The fourth-order valence-electron chi connectivity index (χ4n) is 2.87. The van der Waals surface area contributed by atoms with Crippen LogP contribution in [0.2, 0.25) is 5.02 Å². The van der Waals surface area contributed by atoms with E-state index in [0.717, 1.165) is 18.4 Å². The Labute approximate surface area is 128 Å². The van der Waals surface area contributed by atoms with Gasteiger partial charge in [0.1, 0.15) is 5.82 Å². The molecule has 2 aromatic carbocycles. The maximum Gasteiger partial charge on any atom is 0.257 e. The Morgan fingerprint density at radius 2 is 1.86 bits per heavy atom. The molecule has 1 fully saturated rings. The van der Waals surface area contributed by atoms with E-state index >= 15 is 0 Å². The lowest BCUT2D eigenvalue weighted by atomic mass is 10.0. The SMILES string of the molecule is O=C(c1ccccc1F)N1CCCC1c1ccccc1Cl. The van der Waals surface area contributed by atoms with Gasteiger partial charge in [-0.2, -0.15) is 0 Å². The normalized spacial score (nSPS) is 18.0. The Hall–Kier alpha value is -1.87. The highest BCUT2D eigenvalue weighted by atomic mass is 35.5. The Bertz CT molecular complexity index is 673. The van der Waals surface area contributed by atoms with Crippen molar-refractivity contribution in [3.8, 4) is 0 Å². The first kappa shape index (κ1) is 14.1. The third kappa shape index (κ3) is 2.66. The zero-order valence-electron chi connectivity index (χ0n) is 11.4. The van der Waals surface area contributed by atoms with Gasteiger partial charge < -0.3 is 4.90 Å². The summed E-state index contributed by atoms with van der Waals surface area (Å²) in [7, 11) is 0. The molecule has 2 aromatic rings. The summed E-state index contributed by atoms with van der Waals surface area (Å²) in [4.78, 5) is 14.3. The minimum Gasteiger partial charge on any atom is -0.331 e. The average Bonchev–Trinajstić information content (AvgIpc) is 2.97. The van der Waals surface area contributed by atoms with E-state index in [9.17, 15) is 9.18 Å². The molecular formula is C17H15ClFNO. The summed E-state index contributed by atoms with van der Waals surface area (Å²) in [6.07, 6.45) is 1.75. The van der Waals surface area contributed by atoms with E-state index in [1.807, 2.05) is 24.3 Å². The number of benzene rings is 2. The summed E-state index contributed by atoms with van der Waals surface area (Å²) < 4.78 is 13.8. The maximum atomic E-state index is 13.8. The van der Waals surface area contributed by atoms with Crippen molar-refractivity contribution in [2.75, 3.05) is 6.54 Å². The lowest BCUT2D eigenvalue weighted by molar-refractivity contribution is 0.0731. The lowest BCUT2D eigenvalue weighted by Gasteiger charge is -2.26. The van der Waals surface area contributed by atoms with Gasteiger partial charge in [-0.1, -0.05) is 41.9 Å². The Morgan fingerprint density at radius 3 is 2.62 bits per heavy atom. The quantitative estimate of drug-likeness (QED) is 0.802. The van der Waals surface area contributed by atoms with E-state index in [-0.39, 0.29) is 17.5 Å². The van der Waals surface area contributed by atoms with Crippen LogP contribution in [-0.4, -0.2) is 17.4 Å². The van der Waals surface area contributed by atoms with E-state index < -0.39 is 5.82 Å². The third-order valence-electron chi connectivity index (χ3n) is 3.88. The molecule has 1 unspecified atom stereocenters. The molecule has 0 aliphatic carbocycles. The highest BCUT2D eigenvalue weighted by Gasteiger charge is 2.32. The van der Waals surface area contributed by atoms with Gasteiger partial charge in [0, 0.05) is 11.6 Å². The number of hydrogen-bond acceptors (Lipinski definition) is 1. The molecule has 3 rings (SSSR count).